The molecule has 0 N–H and O–H groups in total. The Kier molecular flexibility index (Phi) is 3.68. The summed E-state index contributed by atoms with van der Waals surface area (Å²) < 4.78 is 40.7. The first kappa shape index (κ1) is 13.4. The normalized spacial score (nSPS) is 11.8. The summed E-state index contributed by atoms with van der Waals surface area (Å²) in [5.74, 6) is 0.0339. The van der Waals surface area contributed by atoms with E-state index in [2.05, 4.69) is 21.0 Å². The Morgan fingerprint density at radius 1 is 1.33 bits per heavy atom. The van der Waals surface area contributed by atoms with Crippen LogP contribution in [-0.4, -0.2) is 9.78 Å². The Bertz CT molecular complexity index is 566. The lowest BCUT2D eigenvalue weighted by Crippen LogP contribution is -2.11. The van der Waals surface area contributed by atoms with E-state index in [9.17, 15) is 13.2 Å². The summed E-state index contributed by atoms with van der Waals surface area (Å²) in [6.07, 6.45) is -1.56. The molecule has 18 heavy (non-hydrogen) atoms. The van der Waals surface area contributed by atoms with Gasteiger partial charge in [-0.2, -0.15) is 18.3 Å². The molecule has 2 rings (SSSR count). The summed E-state index contributed by atoms with van der Waals surface area (Å²) >= 11 is 8.70. The lowest BCUT2D eigenvalue weighted by Gasteiger charge is -2.13. The number of benzene rings is 1. The summed E-state index contributed by atoms with van der Waals surface area (Å²) in [4.78, 5) is 0. The number of nitrogens with zero attached hydrogens (tertiary/aromatic N) is 2. The fraction of sp³-hybridized carbons (Fsp3) is 0.182. The highest BCUT2D eigenvalue weighted by atomic mass is 79.9. The Labute approximate surface area is 114 Å². The van der Waals surface area contributed by atoms with Crippen molar-refractivity contribution in [1.82, 2.24) is 9.78 Å². The molecule has 0 aliphatic heterocycles. The molecule has 0 saturated heterocycles. The van der Waals surface area contributed by atoms with Crippen LogP contribution in [-0.2, 0) is 12.1 Å². The number of rotatable bonds is 2. The van der Waals surface area contributed by atoms with Crippen LogP contribution in [0.1, 0.15) is 11.1 Å². The molecule has 96 valence electrons. The molecular weight excluding hydrogens is 332 g/mol. The summed E-state index contributed by atoms with van der Waals surface area (Å²) in [5, 5.41) is 3.85. The first-order valence-electron chi connectivity index (χ1n) is 4.88. The second-order valence-corrected chi connectivity index (χ2v) is 4.77. The van der Waals surface area contributed by atoms with Crippen molar-refractivity contribution in [2.24, 2.45) is 0 Å². The van der Waals surface area contributed by atoms with Gasteiger partial charge in [0.15, 0.2) is 0 Å². The van der Waals surface area contributed by atoms with E-state index in [-0.39, 0.29) is 11.6 Å². The highest BCUT2D eigenvalue weighted by Gasteiger charge is 2.34. The average Bonchev–Trinajstić information content (AvgIpc) is 2.74. The van der Waals surface area contributed by atoms with Crippen molar-refractivity contribution in [1.29, 1.82) is 0 Å². The molecule has 0 aliphatic carbocycles. The van der Waals surface area contributed by atoms with Crippen LogP contribution < -0.4 is 0 Å². The van der Waals surface area contributed by atoms with Crippen LogP contribution in [0.3, 0.4) is 0 Å². The van der Waals surface area contributed by atoms with Crippen molar-refractivity contribution < 1.29 is 13.2 Å². The predicted molar refractivity (Wildman–Crippen MR) is 65.8 cm³/mol. The third kappa shape index (κ3) is 2.70. The average molecular weight is 340 g/mol. The highest BCUT2D eigenvalue weighted by molar-refractivity contribution is 9.10. The van der Waals surface area contributed by atoms with Gasteiger partial charge in [-0.3, -0.25) is 0 Å². The van der Waals surface area contributed by atoms with Crippen molar-refractivity contribution in [3.05, 3.63) is 46.2 Å². The molecule has 0 bridgehead atoms. The zero-order valence-corrected chi connectivity index (χ0v) is 11.2. The fourth-order valence-electron chi connectivity index (χ4n) is 1.53. The molecule has 0 aliphatic rings. The number of hydrogen-bond donors (Lipinski definition) is 0. The van der Waals surface area contributed by atoms with Crippen LogP contribution in [0.25, 0.3) is 5.69 Å². The second kappa shape index (κ2) is 4.93. The Morgan fingerprint density at radius 2 is 2.06 bits per heavy atom. The first-order chi connectivity index (χ1) is 8.41. The van der Waals surface area contributed by atoms with Gasteiger partial charge < -0.3 is 0 Å². The van der Waals surface area contributed by atoms with Gasteiger partial charge in [0.1, 0.15) is 0 Å². The maximum Gasteiger partial charge on any atom is 0.418 e. The summed E-state index contributed by atoms with van der Waals surface area (Å²) in [6, 6.07) is 3.95. The Hall–Kier alpha value is -1.01. The van der Waals surface area contributed by atoms with Gasteiger partial charge in [-0.25, -0.2) is 4.68 Å². The molecule has 2 aromatic rings. The van der Waals surface area contributed by atoms with Crippen LogP contribution in [0, 0.1) is 0 Å². The predicted octanol–water partition coefficient (Wildman–Crippen LogP) is 4.39. The van der Waals surface area contributed by atoms with Gasteiger partial charge >= 0.3 is 6.18 Å². The molecule has 0 saturated carbocycles. The van der Waals surface area contributed by atoms with E-state index in [1.807, 2.05) is 0 Å². The van der Waals surface area contributed by atoms with Gasteiger partial charge in [-0.05, 0) is 33.6 Å². The van der Waals surface area contributed by atoms with Crippen LogP contribution in [0.5, 0.6) is 0 Å². The van der Waals surface area contributed by atoms with E-state index in [0.29, 0.717) is 10.0 Å². The molecule has 1 aromatic heterocycles. The highest BCUT2D eigenvalue weighted by Crippen LogP contribution is 2.34. The largest absolute Gasteiger partial charge is 0.418 e. The van der Waals surface area contributed by atoms with Crippen LogP contribution >= 0.6 is 27.5 Å². The molecule has 0 amide bonds. The molecule has 7 heteroatoms. The van der Waals surface area contributed by atoms with Gasteiger partial charge in [0, 0.05) is 12.1 Å². The van der Waals surface area contributed by atoms with Crippen molar-refractivity contribution in [3.63, 3.8) is 0 Å². The smallest absolute Gasteiger partial charge is 0.239 e. The molecular formula is C11H7BrClF3N2. The quantitative estimate of drug-likeness (QED) is 0.742. The zero-order chi connectivity index (χ0) is 13.3. The van der Waals surface area contributed by atoms with Gasteiger partial charge in [0.25, 0.3) is 0 Å². The fourth-order valence-corrected chi connectivity index (χ4v) is 1.98. The van der Waals surface area contributed by atoms with Crippen molar-refractivity contribution in [2.45, 2.75) is 12.1 Å². The Morgan fingerprint density at radius 3 is 2.56 bits per heavy atom. The molecule has 0 radical (unpaired) electrons. The lowest BCUT2D eigenvalue weighted by molar-refractivity contribution is -0.137. The van der Waals surface area contributed by atoms with E-state index in [1.165, 1.54) is 23.1 Å². The molecule has 1 heterocycles. The Balaban J connectivity index is 2.60. The zero-order valence-electron chi connectivity index (χ0n) is 8.88. The van der Waals surface area contributed by atoms with Gasteiger partial charge in [-0.15, -0.1) is 11.6 Å². The third-order valence-electron chi connectivity index (χ3n) is 2.32. The monoisotopic (exact) mass is 338 g/mol. The van der Waals surface area contributed by atoms with Gasteiger partial charge in [0.05, 0.1) is 21.9 Å². The molecule has 0 spiro atoms. The molecule has 2 nitrogen and oxygen atoms in total. The van der Waals surface area contributed by atoms with Crippen LogP contribution in [0.15, 0.2) is 35.1 Å². The second-order valence-electron chi connectivity index (χ2n) is 3.59. The van der Waals surface area contributed by atoms with Gasteiger partial charge in [0.2, 0.25) is 0 Å². The van der Waals surface area contributed by atoms with E-state index < -0.39 is 11.7 Å². The minimum atomic E-state index is -4.45. The van der Waals surface area contributed by atoms with E-state index in [1.54, 1.807) is 6.07 Å². The molecule has 0 unspecified atom stereocenters. The van der Waals surface area contributed by atoms with Crippen LogP contribution in [0.2, 0.25) is 0 Å². The van der Waals surface area contributed by atoms with Gasteiger partial charge in [-0.1, -0.05) is 6.07 Å². The maximum atomic E-state index is 13.0. The van der Waals surface area contributed by atoms with E-state index in [0.717, 1.165) is 6.07 Å². The number of halogens is 5. The molecule has 0 fully saturated rings. The SMILES string of the molecule is FC(F)(F)c1cc(CCl)ccc1-n1cc(Br)cn1. The minimum Gasteiger partial charge on any atom is -0.239 e. The van der Waals surface area contributed by atoms with Crippen LogP contribution in [0.4, 0.5) is 13.2 Å². The standard InChI is InChI=1S/C11H7BrClF3N2/c12-8-5-17-18(6-8)10-2-1-7(4-13)3-9(10)11(14,15)16/h1-3,5-6H,4H2. The topological polar surface area (TPSA) is 17.8 Å². The van der Waals surface area contributed by atoms with E-state index >= 15 is 0 Å². The minimum absolute atomic E-state index is 0.0259. The van der Waals surface area contributed by atoms with Crippen molar-refractivity contribution in [3.8, 4) is 5.69 Å². The third-order valence-corrected chi connectivity index (χ3v) is 3.04. The van der Waals surface area contributed by atoms with Crippen molar-refractivity contribution in [2.75, 3.05) is 0 Å². The number of alkyl halides is 4. The first-order valence-corrected chi connectivity index (χ1v) is 6.21. The summed E-state index contributed by atoms with van der Waals surface area (Å²) in [6.45, 7) is 0. The summed E-state index contributed by atoms with van der Waals surface area (Å²) in [7, 11) is 0. The lowest BCUT2D eigenvalue weighted by atomic mass is 10.1. The maximum absolute atomic E-state index is 13.0. The molecule has 0 atom stereocenters. The molecule has 1 aromatic carbocycles. The summed E-state index contributed by atoms with van der Waals surface area (Å²) in [5.41, 5.74) is -0.364. The van der Waals surface area contributed by atoms with E-state index in [4.69, 9.17) is 11.6 Å². The number of aromatic nitrogens is 2. The van der Waals surface area contributed by atoms with Crippen molar-refractivity contribution >= 4 is 27.5 Å². The number of hydrogen-bond acceptors (Lipinski definition) is 1.